The van der Waals surface area contributed by atoms with Gasteiger partial charge in [0.25, 0.3) is 0 Å². The van der Waals surface area contributed by atoms with E-state index in [-0.39, 0.29) is 25.9 Å². The van der Waals surface area contributed by atoms with Crippen LogP contribution in [0.5, 0.6) is 0 Å². The average Bonchev–Trinajstić information content (AvgIpc) is 3.43. The molecule has 0 radical (unpaired) electrons. The summed E-state index contributed by atoms with van der Waals surface area (Å²) in [6, 6.07) is 0. The van der Waals surface area contributed by atoms with Crippen molar-refractivity contribution in [2.45, 2.75) is 251 Å². The number of allylic oxidation sites excluding steroid dienone is 19. The van der Waals surface area contributed by atoms with E-state index in [2.05, 4.69) is 118 Å². The highest BCUT2D eigenvalue weighted by Crippen LogP contribution is 2.43. The van der Waals surface area contributed by atoms with Crippen molar-refractivity contribution >= 4 is 25.7 Å². The van der Waals surface area contributed by atoms with Gasteiger partial charge in [-0.1, -0.05) is 232 Å². The second kappa shape index (κ2) is 59.0. The summed E-state index contributed by atoms with van der Waals surface area (Å²) in [4.78, 5) is 48.6. The third-order valence-corrected chi connectivity index (χ3v) is 13.3. The number of phosphoric acid groups is 1. The molecule has 0 saturated heterocycles. The molecule has 0 aromatic carbocycles. The summed E-state index contributed by atoms with van der Waals surface area (Å²) in [5.74, 6) is -1.62. The van der Waals surface area contributed by atoms with Crippen molar-refractivity contribution in [3.05, 3.63) is 122 Å². The van der Waals surface area contributed by atoms with Gasteiger partial charge in [0.1, 0.15) is 12.7 Å². The van der Waals surface area contributed by atoms with Crippen LogP contribution in [0.3, 0.4) is 0 Å². The Labute approximate surface area is 475 Å². The molecule has 3 atom stereocenters. The number of rotatable bonds is 55. The van der Waals surface area contributed by atoms with Gasteiger partial charge < -0.3 is 24.2 Å². The Kier molecular flexibility index (Phi) is 55.9. The number of aliphatic hydroxyl groups is 1. The Morgan fingerprint density at radius 2 is 0.718 bits per heavy atom. The second-order valence-electron chi connectivity index (χ2n) is 19.8. The zero-order valence-electron chi connectivity index (χ0n) is 49.1. The van der Waals surface area contributed by atoms with Crippen molar-refractivity contribution in [2.75, 3.05) is 26.4 Å². The normalized spacial score (nSPS) is 14.2. The Hall–Kier alpha value is -4.12. The van der Waals surface area contributed by atoms with Crippen molar-refractivity contribution in [1.29, 1.82) is 0 Å². The van der Waals surface area contributed by atoms with E-state index in [1.165, 1.54) is 70.6 Å². The minimum absolute atomic E-state index is 0.0608. The van der Waals surface area contributed by atoms with Gasteiger partial charge in [-0.05, 0) is 109 Å². The molecule has 11 nitrogen and oxygen atoms in total. The summed E-state index contributed by atoms with van der Waals surface area (Å²) >= 11 is 0. The quantitative estimate of drug-likeness (QED) is 0.0197. The van der Waals surface area contributed by atoms with E-state index >= 15 is 0 Å². The molecule has 0 spiro atoms. The van der Waals surface area contributed by atoms with E-state index in [0.29, 0.717) is 19.3 Å². The molecule has 0 aliphatic heterocycles. The molecule has 0 saturated carbocycles. The molecule has 0 aromatic rings. The maximum atomic E-state index is 12.9. The van der Waals surface area contributed by atoms with E-state index in [1.807, 2.05) is 18.2 Å². The first-order valence-electron chi connectivity index (χ1n) is 30.4. The minimum atomic E-state index is -4.79. The highest BCUT2D eigenvalue weighted by molar-refractivity contribution is 7.47. The van der Waals surface area contributed by atoms with E-state index < -0.39 is 57.8 Å². The van der Waals surface area contributed by atoms with Gasteiger partial charge in [0, 0.05) is 12.8 Å². The minimum Gasteiger partial charge on any atom is -0.462 e. The number of unbranched alkanes of at least 4 members (excludes halogenated alkanes) is 19. The highest BCUT2D eigenvalue weighted by atomic mass is 31.2. The predicted octanol–water partition coefficient (Wildman–Crippen LogP) is 18.4. The first-order valence-corrected chi connectivity index (χ1v) is 31.9. The fourth-order valence-corrected chi connectivity index (χ4v) is 8.61. The summed E-state index contributed by atoms with van der Waals surface area (Å²) < 4.78 is 39.5. The van der Waals surface area contributed by atoms with Gasteiger partial charge in [-0.2, -0.15) is 0 Å². The van der Waals surface area contributed by atoms with E-state index in [1.54, 1.807) is 6.08 Å². The van der Waals surface area contributed by atoms with Crippen LogP contribution < -0.4 is 0 Å². The van der Waals surface area contributed by atoms with E-state index in [4.69, 9.17) is 23.3 Å². The van der Waals surface area contributed by atoms with Crippen LogP contribution in [-0.2, 0) is 42.2 Å². The van der Waals surface area contributed by atoms with Crippen LogP contribution >= 0.6 is 7.82 Å². The molecule has 78 heavy (non-hydrogen) atoms. The van der Waals surface area contributed by atoms with Gasteiger partial charge >= 0.3 is 25.7 Å². The molecule has 0 fully saturated rings. The Morgan fingerprint density at radius 1 is 0.385 bits per heavy atom. The lowest BCUT2D eigenvalue weighted by molar-refractivity contribution is -0.161. The van der Waals surface area contributed by atoms with Crippen molar-refractivity contribution in [1.82, 2.24) is 0 Å². The number of hydrogen-bond acceptors (Lipinski definition) is 10. The van der Waals surface area contributed by atoms with Crippen LogP contribution in [0.4, 0.5) is 0 Å². The number of ether oxygens (including phenoxy) is 3. The summed E-state index contributed by atoms with van der Waals surface area (Å²) in [6.45, 7) is 4.27. The van der Waals surface area contributed by atoms with Crippen LogP contribution in [0.1, 0.15) is 239 Å². The molecule has 444 valence electrons. The number of carbonyl (C=O) groups excluding carboxylic acids is 3. The first kappa shape index (κ1) is 73.9. The molecular weight excluding hydrogens is 1000 g/mol. The lowest BCUT2D eigenvalue weighted by atomic mass is 10.1. The van der Waals surface area contributed by atoms with Gasteiger partial charge in [-0.25, -0.2) is 4.57 Å². The second-order valence-corrected chi connectivity index (χ2v) is 21.2. The molecule has 0 amide bonds. The Bertz CT molecular complexity index is 1770. The molecule has 2 N–H and O–H groups in total. The Balaban J connectivity index is 4.82. The number of hydrogen-bond donors (Lipinski definition) is 2. The van der Waals surface area contributed by atoms with Crippen molar-refractivity contribution in [3.8, 4) is 0 Å². The van der Waals surface area contributed by atoms with Crippen molar-refractivity contribution < 1.29 is 52.2 Å². The molecular formula is C66H109O11P. The van der Waals surface area contributed by atoms with Crippen molar-refractivity contribution in [2.24, 2.45) is 0 Å². The molecule has 0 rings (SSSR count). The zero-order valence-corrected chi connectivity index (χ0v) is 50.0. The van der Waals surface area contributed by atoms with E-state index in [9.17, 15) is 28.9 Å². The number of phosphoric ester groups is 1. The fraction of sp³-hybridized carbons (Fsp3) is 0.652. The van der Waals surface area contributed by atoms with Gasteiger partial charge in [-0.15, -0.1) is 0 Å². The zero-order chi connectivity index (χ0) is 56.9. The highest BCUT2D eigenvalue weighted by Gasteiger charge is 2.28. The van der Waals surface area contributed by atoms with Gasteiger partial charge in [-0.3, -0.25) is 23.4 Å². The molecule has 3 unspecified atom stereocenters. The van der Waals surface area contributed by atoms with E-state index in [0.717, 1.165) is 109 Å². The van der Waals surface area contributed by atoms with Crippen LogP contribution in [0.15, 0.2) is 122 Å². The summed E-state index contributed by atoms with van der Waals surface area (Å²) in [5, 5.41) is 9.81. The molecule has 0 aliphatic carbocycles. The van der Waals surface area contributed by atoms with Gasteiger partial charge in [0.2, 0.25) is 0 Å². The Morgan fingerprint density at radius 3 is 1.13 bits per heavy atom. The van der Waals surface area contributed by atoms with Crippen LogP contribution in [0.25, 0.3) is 0 Å². The standard InChI is InChI=1S/C66H109O11P/c1-4-7-10-13-16-19-22-25-28-30-31-33-36-39-42-45-48-51-54-57-66(70)77-63(59-73-64(68)55-52-49-46-43-40-37-35-32-29-26-23-20-17-14-11-8-5-2)61-75-78(71,72)74-60-62(58-67)76-65(69)56-53-50-47-44-41-38-34-27-24-21-18-15-12-9-6-3/h8-9,11-12,16-21,25-29,34,41,44,50,53,62-63,67H,4-7,10,13-15,22-24,30-33,35-40,42-43,45-49,51-52,54-61H2,1-3H3,(H,71,72)/b11-8-,12-9-,19-16-,20-17-,21-18-,28-25-,29-26-,34-27-,44-41-,53-50-. The van der Waals surface area contributed by atoms with Crippen LogP contribution in [0, 0.1) is 0 Å². The van der Waals surface area contributed by atoms with Gasteiger partial charge in [0.05, 0.1) is 26.2 Å². The van der Waals surface area contributed by atoms with Crippen molar-refractivity contribution in [3.63, 3.8) is 0 Å². The predicted molar refractivity (Wildman–Crippen MR) is 325 cm³/mol. The molecule has 0 bridgehead atoms. The monoisotopic (exact) mass is 1110 g/mol. The fourth-order valence-electron chi connectivity index (χ4n) is 7.83. The summed E-state index contributed by atoms with van der Waals surface area (Å²) in [6.07, 6.45) is 73.2. The number of carbonyl (C=O) groups is 3. The third kappa shape index (κ3) is 56.6. The van der Waals surface area contributed by atoms with Gasteiger partial charge in [0.15, 0.2) is 6.10 Å². The maximum Gasteiger partial charge on any atom is 0.472 e. The topological polar surface area (TPSA) is 155 Å². The number of aliphatic hydroxyl groups excluding tert-OH is 1. The lowest BCUT2D eigenvalue weighted by Gasteiger charge is -2.21. The molecule has 12 heteroatoms. The maximum absolute atomic E-state index is 12.9. The third-order valence-electron chi connectivity index (χ3n) is 12.4. The SMILES string of the molecule is CC/C=C\C/C=C\C/C=C\C/C=C\C/C=C\CC(=O)OC(CO)COP(=O)(O)OCC(COC(=O)CCCCCCCCC/C=C\C/C=C\C/C=C\CC)OC(=O)CCCCCCCCCCC/C=C\C/C=C\CCCCC. The smallest absolute Gasteiger partial charge is 0.462 e. The average molecular weight is 1110 g/mol. The first-order chi connectivity index (χ1) is 38.2. The molecule has 0 aliphatic rings. The summed E-state index contributed by atoms with van der Waals surface area (Å²) in [5.41, 5.74) is 0. The summed E-state index contributed by atoms with van der Waals surface area (Å²) in [7, 11) is -4.79. The van der Waals surface area contributed by atoms with Crippen LogP contribution in [0.2, 0.25) is 0 Å². The largest absolute Gasteiger partial charge is 0.472 e. The lowest BCUT2D eigenvalue weighted by Crippen LogP contribution is -2.30. The number of esters is 3. The van der Waals surface area contributed by atoms with Crippen LogP contribution in [-0.4, -0.2) is 66.5 Å². The molecule has 0 heterocycles. The molecule has 0 aromatic heterocycles.